The summed E-state index contributed by atoms with van der Waals surface area (Å²) in [6.07, 6.45) is 5.68. The second kappa shape index (κ2) is 6.17. The molecule has 0 bridgehead atoms. The summed E-state index contributed by atoms with van der Waals surface area (Å²) in [6, 6.07) is 3.11. The first-order chi connectivity index (χ1) is 8.25. The Kier molecular flexibility index (Phi) is 4.57. The van der Waals surface area contributed by atoms with Crippen molar-refractivity contribution in [2.75, 3.05) is 13.1 Å². The minimum absolute atomic E-state index is 0.531. The van der Waals surface area contributed by atoms with E-state index in [0.717, 1.165) is 18.8 Å². The van der Waals surface area contributed by atoms with E-state index < -0.39 is 0 Å². The molecule has 1 aromatic rings. The van der Waals surface area contributed by atoms with E-state index in [-0.39, 0.29) is 0 Å². The normalized spacial score (nSPS) is 21.3. The van der Waals surface area contributed by atoms with Crippen LogP contribution in [0.25, 0.3) is 0 Å². The van der Waals surface area contributed by atoms with E-state index in [9.17, 15) is 0 Å². The molecule has 4 heteroatoms. The van der Waals surface area contributed by atoms with Gasteiger partial charge in [-0.25, -0.2) is 0 Å². The van der Waals surface area contributed by atoms with Crippen LogP contribution in [0, 0.1) is 0 Å². The van der Waals surface area contributed by atoms with Gasteiger partial charge in [-0.15, -0.1) is 0 Å². The van der Waals surface area contributed by atoms with Gasteiger partial charge in [0.15, 0.2) is 5.76 Å². The minimum Gasteiger partial charge on any atom is -0.360 e. The van der Waals surface area contributed by atoms with E-state index in [1.807, 2.05) is 6.07 Å². The van der Waals surface area contributed by atoms with Crippen LogP contribution in [0.4, 0.5) is 0 Å². The molecule has 2 heterocycles. The zero-order valence-electron chi connectivity index (χ0n) is 10.9. The molecule has 0 spiro atoms. The van der Waals surface area contributed by atoms with Crippen LogP contribution in [-0.4, -0.2) is 35.2 Å². The first-order valence-corrected chi connectivity index (χ1v) is 6.62. The zero-order chi connectivity index (χ0) is 12.1. The fourth-order valence-electron chi connectivity index (χ4n) is 2.34. The smallest absolute Gasteiger partial charge is 0.150 e. The van der Waals surface area contributed by atoms with Crippen molar-refractivity contribution < 1.29 is 4.52 Å². The van der Waals surface area contributed by atoms with Gasteiger partial charge in [-0.2, -0.15) is 0 Å². The van der Waals surface area contributed by atoms with E-state index >= 15 is 0 Å². The summed E-state index contributed by atoms with van der Waals surface area (Å²) in [7, 11) is 0. The Morgan fingerprint density at radius 1 is 1.53 bits per heavy atom. The molecule has 0 amide bonds. The van der Waals surface area contributed by atoms with E-state index in [1.54, 1.807) is 6.20 Å². The molecule has 2 rings (SSSR count). The third-order valence-corrected chi connectivity index (χ3v) is 3.45. The average Bonchev–Trinajstić information content (AvgIpc) is 2.82. The lowest BCUT2D eigenvalue weighted by molar-refractivity contribution is 0.160. The van der Waals surface area contributed by atoms with Crippen LogP contribution >= 0.6 is 0 Å². The summed E-state index contributed by atoms with van der Waals surface area (Å²) in [4.78, 5) is 2.45. The number of rotatable bonds is 5. The van der Waals surface area contributed by atoms with Gasteiger partial charge in [0.25, 0.3) is 0 Å². The highest BCUT2D eigenvalue weighted by molar-refractivity contribution is 4.93. The van der Waals surface area contributed by atoms with Crippen molar-refractivity contribution >= 4 is 0 Å². The summed E-state index contributed by atoms with van der Waals surface area (Å²) in [5.74, 6) is 0.953. The van der Waals surface area contributed by atoms with E-state index in [2.05, 4.69) is 29.2 Å². The molecule has 4 nitrogen and oxygen atoms in total. The Morgan fingerprint density at radius 3 is 3.00 bits per heavy atom. The standard InChI is InChI=1S/C13H23N3O/c1-11(2)16(10-13-6-8-15-17-13)9-12-5-3-4-7-14-12/h6,8,11-12,14H,3-5,7,9-10H2,1-2H3. The lowest BCUT2D eigenvalue weighted by Crippen LogP contribution is -2.45. The fraction of sp³-hybridized carbons (Fsp3) is 0.769. The summed E-state index contributed by atoms with van der Waals surface area (Å²) < 4.78 is 5.19. The second-order valence-electron chi connectivity index (χ2n) is 5.15. The molecule has 1 atom stereocenters. The zero-order valence-corrected chi connectivity index (χ0v) is 10.9. The lowest BCUT2D eigenvalue weighted by Gasteiger charge is -2.32. The van der Waals surface area contributed by atoms with Crippen molar-refractivity contribution in [1.29, 1.82) is 0 Å². The highest BCUT2D eigenvalue weighted by Crippen LogP contribution is 2.13. The van der Waals surface area contributed by atoms with Crippen LogP contribution in [0.2, 0.25) is 0 Å². The van der Waals surface area contributed by atoms with E-state index in [4.69, 9.17) is 4.52 Å². The molecule has 0 aliphatic carbocycles. The number of aromatic nitrogens is 1. The SMILES string of the molecule is CC(C)N(Cc1ccno1)CC1CCCCN1. The topological polar surface area (TPSA) is 41.3 Å². The maximum atomic E-state index is 5.19. The molecule has 1 aliphatic heterocycles. The largest absolute Gasteiger partial charge is 0.360 e. The number of nitrogens with zero attached hydrogens (tertiary/aromatic N) is 2. The molecule has 0 aromatic carbocycles. The fourth-order valence-corrected chi connectivity index (χ4v) is 2.34. The van der Waals surface area contributed by atoms with Crippen LogP contribution in [0.15, 0.2) is 16.8 Å². The van der Waals surface area contributed by atoms with E-state index in [0.29, 0.717) is 12.1 Å². The number of hydrogen-bond acceptors (Lipinski definition) is 4. The second-order valence-corrected chi connectivity index (χ2v) is 5.15. The predicted octanol–water partition coefficient (Wildman–Crippen LogP) is 2.03. The number of hydrogen-bond donors (Lipinski definition) is 1. The van der Waals surface area contributed by atoms with E-state index in [1.165, 1.54) is 25.8 Å². The number of nitrogens with one attached hydrogen (secondary N) is 1. The van der Waals surface area contributed by atoms with Crippen molar-refractivity contribution in [3.8, 4) is 0 Å². The van der Waals surface area contributed by atoms with Gasteiger partial charge in [-0.05, 0) is 33.2 Å². The van der Waals surface area contributed by atoms with Gasteiger partial charge in [0.2, 0.25) is 0 Å². The summed E-state index contributed by atoms with van der Waals surface area (Å²) in [5, 5.41) is 7.36. The lowest BCUT2D eigenvalue weighted by atomic mass is 10.0. The summed E-state index contributed by atoms with van der Waals surface area (Å²) in [6.45, 7) is 7.59. The molecule has 1 saturated heterocycles. The van der Waals surface area contributed by atoms with Gasteiger partial charge >= 0.3 is 0 Å². The van der Waals surface area contributed by atoms with Gasteiger partial charge in [0.1, 0.15) is 0 Å². The Balaban J connectivity index is 1.87. The molecule has 0 radical (unpaired) electrons. The third-order valence-electron chi connectivity index (χ3n) is 3.45. The van der Waals surface area contributed by atoms with Crippen molar-refractivity contribution in [1.82, 2.24) is 15.4 Å². The first kappa shape index (κ1) is 12.6. The van der Waals surface area contributed by atoms with Gasteiger partial charge < -0.3 is 9.84 Å². The molecule has 1 fully saturated rings. The summed E-state index contributed by atoms with van der Waals surface area (Å²) >= 11 is 0. The maximum Gasteiger partial charge on any atom is 0.150 e. The Bertz CT molecular complexity index is 304. The molecular formula is C13H23N3O. The van der Waals surface area contributed by atoms with Gasteiger partial charge in [0.05, 0.1) is 12.7 Å². The monoisotopic (exact) mass is 237 g/mol. The van der Waals surface area contributed by atoms with Crippen LogP contribution < -0.4 is 5.32 Å². The first-order valence-electron chi connectivity index (χ1n) is 6.62. The van der Waals surface area contributed by atoms with Crippen LogP contribution in [-0.2, 0) is 6.54 Å². The van der Waals surface area contributed by atoms with Crippen molar-refractivity contribution in [3.05, 3.63) is 18.0 Å². The molecule has 96 valence electrons. The van der Waals surface area contributed by atoms with Gasteiger partial charge in [-0.1, -0.05) is 11.6 Å². The quantitative estimate of drug-likeness (QED) is 0.850. The highest BCUT2D eigenvalue weighted by atomic mass is 16.5. The molecule has 1 N–H and O–H groups in total. The summed E-state index contributed by atoms with van der Waals surface area (Å²) in [5.41, 5.74) is 0. The molecule has 17 heavy (non-hydrogen) atoms. The third kappa shape index (κ3) is 3.82. The van der Waals surface area contributed by atoms with Crippen LogP contribution in [0.1, 0.15) is 38.9 Å². The molecular weight excluding hydrogens is 214 g/mol. The molecule has 1 aromatic heterocycles. The minimum atomic E-state index is 0.531. The highest BCUT2D eigenvalue weighted by Gasteiger charge is 2.19. The Hall–Kier alpha value is -0.870. The molecule has 1 unspecified atom stereocenters. The van der Waals surface area contributed by atoms with Crippen LogP contribution in [0.5, 0.6) is 0 Å². The van der Waals surface area contributed by atoms with Crippen molar-refractivity contribution in [2.24, 2.45) is 0 Å². The van der Waals surface area contributed by atoms with Crippen molar-refractivity contribution in [2.45, 2.75) is 51.7 Å². The maximum absolute atomic E-state index is 5.19. The van der Waals surface area contributed by atoms with Crippen molar-refractivity contribution in [3.63, 3.8) is 0 Å². The average molecular weight is 237 g/mol. The Morgan fingerprint density at radius 2 is 2.41 bits per heavy atom. The molecule has 1 aliphatic rings. The van der Waals surface area contributed by atoms with Gasteiger partial charge in [-0.3, -0.25) is 4.90 Å². The predicted molar refractivity (Wildman–Crippen MR) is 67.7 cm³/mol. The molecule has 0 saturated carbocycles. The van der Waals surface area contributed by atoms with Gasteiger partial charge in [0, 0.05) is 24.7 Å². The van der Waals surface area contributed by atoms with Crippen LogP contribution in [0.3, 0.4) is 0 Å². The number of piperidine rings is 1. The Labute approximate surface area is 103 Å².